The molecular formula is C7H10F2N2O3. The molecule has 1 rings (SSSR count). The molecule has 0 N–H and O–H groups in total. The minimum Gasteiger partial charge on any atom is -0.437 e. The molecule has 0 amide bonds. The van der Waals surface area contributed by atoms with Gasteiger partial charge in [0.1, 0.15) is 0 Å². The fourth-order valence-electron chi connectivity index (χ4n) is 1.02. The van der Waals surface area contributed by atoms with Crippen molar-refractivity contribution >= 4 is 6.16 Å². The summed E-state index contributed by atoms with van der Waals surface area (Å²) >= 11 is 0. The molecule has 0 aromatic rings. The first-order chi connectivity index (χ1) is 6.56. The topological polar surface area (TPSA) is 42.0 Å². The van der Waals surface area contributed by atoms with Crippen molar-refractivity contribution in [3.05, 3.63) is 12.0 Å². The number of carbonyl (C=O) groups is 1. The van der Waals surface area contributed by atoms with Crippen LogP contribution in [-0.4, -0.2) is 43.4 Å². The molecule has 0 saturated heterocycles. The molecule has 0 atom stereocenters. The van der Waals surface area contributed by atoms with Crippen LogP contribution in [0.2, 0.25) is 0 Å². The minimum atomic E-state index is -2.75. The van der Waals surface area contributed by atoms with Crippen LogP contribution in [0.3, 0.4) is 0 Å². The molecule has 0 saturated carbocycles. The number of hydrogen-bond donors (Lipinski definition) is 0. The van der Waals surface area contributed by atoms with E-state index in [1.807, 2.05) is 0 Å². The van der Waals surface area contributed by atoms with E-state index in [-0.39, 0.29) is 12.4 Å². The number of rotatable bonds is 2. The number of methoxy groups -OCH3 is 1. The van der Waals surface area contributed by atoms with E-state index in [9.17, 15) is 13.6 Å². The van der Waals surface area contributed by atoms with Crippen LogP contribution >= 0.6 is 0 Å². The molecule has 5 nitrogen and oxygen atoms in total. The van der Waals surface area contributed by atoms with Crippen molar-refractivity contribution in [2.45, 2.75) is 6.55 Å². The summed E-state index contributed by atoms with van der Waals surface area (Å²) in [6, 6.07) is 0. The van der Waals surface area contributed by atoms with E-state index in [1.165, 1.54) is 18.1 Å². The Hall–Kier alpha value is -1.37. The fourth-order valence-corrected chi connectivity index (χ4v) is 1.02. The van der Waals surface area contributed by atoms with Gasteiger partial charge in [0, 0.05) is 13.6 Å². The second-order valence-corrected chi connectivity index (χ2v) is 2.56. The summed E-state index contributed by atoms with van der Waals surface area (Å²) in [6.45, 7) is -2.49. The highest BCUT2D eigenvalue weighted by Gasteiger charge is 2.31. The molecule has 0 aliphatic carbocycles. The van der Waals surface area contributed by atoms with Gasteiger partial charge in [-0.25, -0.2) is 14.8 Å². The lowest BCUT2D eigenvalue weighted by atomic mass is 10.6. The summed E-state index contributed by atoms with van der Waals surface area (Å²) in [4.78, 5) is 10.7. The van der Waals surface area contributed by atoms with Crippen molar-refractivity contribution in [3.63, 3.8) is 0 Å². The minimum absolute atomic E-state index is 0.214. The third-order valence-corrected chi connectivity index (χ3v) is 1.66. The molecule has 0 aromatic carbocycles. The van der Waals surface area contributed by atoms with Gasteiger partial charge < -0.3 is 9.47 Å². The zero-order chi connectivity index (χ0) is 10.7. The van der Waals surface area contributed by atoms with Crippen molar-refractivity contribution in [1.29, 1.82) is 0 Å². The number of nitrogens with zero attached hydrogens (tertiary/aromatic N) is 2. The predicted molar refractivity (Wildman–Crippen MR) is 42.0 cm³/mol. The third-order valence-electron chi connectivity index (χ3n) is 1.66. The highest BCUT2D eigenvalue weighted by molar-refractivity contribution is 5.61. The molecule has 14 heavy (non-hydrogen) atoms. The van der Waals surface area contributed by atoms with Gasteiger partial charge in [-0.15, -0.1) is 0 Å². The SMILES string of the molecule is COC(=O)OC1=CCN(C)N1C(F)F. The van der Waals surface area contributed by atoms with Gasteiger partial charge in [0.05, 0.1) is 7.11 Å². The number of likely N-dealkylation sites (N-methyl/N-ethyl adjacent to an activating group) is 1. The van der Waals surface area contributed by atoms with Crippen LogP contribution in [0.15, 0.2) is 12.0 Å². The van der Waals surface area contributed by atoms with Gasteiger partial charge in [-0.2, -0.15) is 8.78 Å². The maximum Gasteiger partial charge on any atom is 0.514 e. The van der Waals surface area contributed by atoms with E-state index in [2.05, 4.69) is 9.47 Å². The number of hydrogen-bond acceptors (Lipinski definition) is 5. The molecule has 1 aliphatic rings. The lowest BCUT2D eigenvalue weighted by Crippen LogP contribution is -2.39. The predicted octanol–water partition coefficient (Wildman–Crippen LogP) is 0.996. The van der Waals surface area contributed by atoms with Crippen LogP contribution in [0.1, 0.15) is 0 Å². The lowest BCUT2D eigenvalue weighted by molar-refractivity contribution is -0.133. The summed E-state index contributed by atoms with van der Waals surface area (Å²) < 4.78 is 33.5. The molecule has 1 heterocycles. The van der Waals surface area contributed by atoms with E-state index in [0.717, 1.165) is 7.11 Å². The van der Waals surface area contributed by atoms with E-state index in [4.69, 9.17) is 0 Å². The smallest absolute Gasteiger partial charge is 0.437 e. The van der Waals surface area contributed by atoms with E-state index >= 15 is 0 Å². The molecule has 80 valence electrons. The van der Waals surface area contributed by atoms with E-state index in [1.54, 1.807) is 0 Å². The Morgan fingerprint density at radius 3 is 2.79 bits per heavy atom. The van der Waals surface area contributed by atoms with E-state index in [0.29, 0.717) is 5.01 Å². The summed E-state index contributed by atoms with van der Waals surface area (Å²) in [5.74, 6) is -0.214. The van der Waals surface area contributed by atoms with Gasteiger partial charge in [-0.3, -0.25) is 0 Å². The molecule has 0 radical (unpaired) electrons. The number of halogens is 2. The molecular weight excluding hydrogens is 198 g/mol. The Labute approximate surface area is 79.4 Å². The average Bonchev–Trinajstić information content (AvgIpc) is 2.46. The zero-order valence-corrected chi connectivity index (χ0v) is 7.74. The summed E-state index contributed by atoms with van der Waals surface area (Å²) in [5.41, 5.74) is 0. The van der Waals surface area contributed by atoms with Crippen LogP contribution in [0.4, 0.5) is 13.6 Å². The van der Waals surface area contributed by atoms with Crippen LogP contribution in [-0.2, 0) is 9.47 Å². The monoisotopic (exact) mass is 208 g/mol. The van der Waals surface area contributed by atoms with Crippen LogP contribution in [0.5, 0.6) is 0 Å². The van der Waals surface area contributed by atoms with Gasteiger partial charge in [-0.1, -0.05) is 0 Å². The maximum absolute atomic E-state index is 12.4. The lowest BCUT2D eigenvalue weighted by Gasteiger charge is -2.26. The van der Waals surface area contributed by atoms with Gasteiger partial charge >= 0.3 is 12.7 Å². The number of alkyl halides is 2. The highest BCUT2D eigenvalue weighted by Crippen LogP contribution is 2.21. The molecule has 0 aromatic heterocycles. The van der Waals surface area contributed by atoms with Crippen LogP contribution in [0, 0.1) is 0 Å². The Kier molecular flexibility index (Phi) is 3.23. The average molecular weight is 208 g/mol. The van der Waals surface area contributed by atoms with Crippen molar-refractivity contribution in [2.24, 2.45) is 0 Å². The Morgan fingerprint density at radius 1 is 1.64 bits per heavy atom. The van der Waals surface area contributed by atoms with Crippen molar-refractivity contribution in [3.8, 4) is 0 Å². The largest absolute Gasteiger partial charge is 0.514 e. The number of ether oxygens (including phenoxy) is 2. The van der Waals surface area contributed by atoms with Gasteiger partial charge in [0.2, 0.25) is 5.88 Å². The maximum atomic E-state index is 12.4. The van der Waals surface area contributed by atoms with Crippen molar-refractivity contribution in [2.75, 3.05) is 20.7 Å². The second kappa shape index (κ2) is 4.23. The Morgan fingerprint density at radius 2 is 2.29 bits per heavy atom. The number of hydrazine groups is 1. The van der Waals surface area contributed by atoms with Crippen molar-refractivity contribution in [1.82, 2.24) is 10.0 Å². The summed E-state index contributed by atoms with van der Waals surface area (Å²) in [7, 11) is 2.56. The Balaban J connectivity index is 2.64. The summed E-state index contributed by atoms with van der Waals surface area (Å²) in [6.07, 6.45) is 0.348. The first-order valence-corrected chi connectivity index (χ1v) is 3.80. The highest BCUT2D eigenvalue weighted by atomic mass is 19.3. The summed E-state index contributed by atoms with van der Waals surface area (Å²) in [5, 5.41) is 1.79. The van der Waals surface area contributed by atoms with E-state index < -0.39 is 12.7 Å². The molecule has 0 bridgehead atoms. The van der Waals surface area contributed by atoms with Crippen LogP contribution < -0.4 is 0 Å². The zero-order valence-electron chi connectivity index (χ0n) is 7.74. The fraction of sp³-hybridized carbons (Fsp3) is 0.571. The normalized spacial score (nSPS) is 17.2. The first kappa shape index (κ1) is 10.7. The Bertz CT molecular complexity index is 257. The molecule has 7 heteroatoms. The molecule has 0 unspecified atom stereocenters. The quantitative estimate of drug-likeness (QED) is 0.500. The van der Waals surface area contributed by atoms with Crippen LogP contribution in [0.25, 0.3) is 0 Å². The molecule has 1 aliphatic heterocycles. The number of carbonyl (C=O) groups excluding carboxylic acids is 1. The molecule has 0 spiro atoms. The van der Waals surface area contributed by atoms with Crippen molar-refractivity contribution < 1.29 is 23.0 Å². The standard InChI is InChI=1S/C7H10F2N2O3/c1-10-4-3-5(11(10)6(8)9)14-7(12)13-2/h3,6H,4H2,1-2H3. The third kappa shape index (κ3) is 2.11. The first-order valence-electron chi connectivity index (χ1n) is 3.80. The van der Waals surface area contributed by atoms with Gasteiger partial charge in [-0.05, 0) is 6.08 Å². The van der Waals surface area contributed by atoms with Gasteiger partial charge in [0.15, 0.2) is 0 Å². The molecule has 0 fully saturated rings. The second-order valence-electron chi connectivity index (χ2n) is 2.56. The van der Waals surface area contributed by atoms with Gasteiger partial charge in [0.25, 0.3) is 0 Å².